The maximum atomic E-state index is 11.6. The molecule has 2 heteroatoms. The predicted molar refractivity (Wildman–Crippen MR) is 60.1 cm³/mol. The third-order valence-electron chi connectivity index (χ3n) is 2.20. The van der Waals surface area contributed by atoms with Crippen molar-refractivity contribution in [2.45, 2.75) is 6.42 Å². The predicted octanol–water partition coefficient (Wildman–Crippen LogP) is 2.55. The van der Waals surface area contributed by atoms with Gasteiger partial charge in [-0.25, -0.2) is 0 Å². The summed E-state index contributed by atoms with van der Waals surface area (Å²) in [6.45, 7) is 0. The molecule has 0 saturated carbocycles. The van der Waals surface area contributed by atoms with Gasteiger partial charge in [0.05, 0.1) is 0 Å². The number of ketones is 1. The molecule has 0 N–H and O–H groups in total. The van der Waals surface area contributed by atoms with E-state index in [0.29, 0.717) is 0 Å². The van der Waals surface area contributed by atoms with Gasteiger partial charge in [0.25, 0.3) is 0 Å². The van der Waals surface area contributed by atoms with E-state index in [2.05, 4.69) is 4.98 Å². The number of allylic oxidation sites excluding steroid dienone is 5. The molecule has 1 aliphatic carbocycles. The third-order valence-corrected chi connectivity index (χ3v) is 2.20. The molecule has 2 nitrogen and oxygen atoms in total. The van der Waals surface area contributed by atoms with Crippen molar-refractivity contribution in [3.8, 4) is 0 Å². The monoisotopic (exact) mass is 197 g/mol. The van der Waals surface area contributed by atoms with Gasteiger partial charge in [-0.15, -0.1) is 0 Å². The lowest BCUT2D eigenvalue weighted by Gasteiger charge is -1.94. The highest BCUT2D eigenvalue weighted by Gasteiger charge is 2.05. The highest BCUT2D eigenvalue weighted by Crippen LogP contribution is 2.12. The molecule has 74 valence electrons. The number of nitrogens with zero attached hydrogens (tertiary/aromatic N) is 1. The van der Waals surface area contributed by atoms with Gasteiger partial charge in [0, 0.05) is 18.0 Å². The Morgan fingerprint density at radius 1 is 1.47 bits per heavy atom. The second-order valence-electron chi connectivity index (χ2n) is 3.31. The maximum absolute atomic E-state index is 11.6. The molecule has 0 fully saturated rings. The Kier molecular flexibility index (Phi) is 2.88. The van der Waals surface area contributed by atoms with Crippen molar-refractivity contribution >= 4 is 11.9 Å². The average Bonchev–Trinajstić information content (AvgIpc) is 2.81. The van der Waals surface area contributed by atoms with Crippen molar-refractivity contribution in [3.05, 3.63) is 60.0 Å². The summed E-state index contributed by atoms with van der Waals surface area (Å²) in [6.07, 6.45) is 13.3. The van der Waals surface area contributed by atoms with E-state index in [1.165, 1.54) is 0 Å². The third kappa shape index (κ3) is 2.50. The number of carbonyl (C=O) groups is 1. The first-order valence-electron chi connectivity index (χ1n) is 4.84. The Labute approximate surface area is 88.7 Å². The Hall–Kier alpha value is -1.96. The summed E-state index contributed by atoms with van der Waals surface area (Å²) < 4.78 is 0. The van der Waals surface area contributed by atoms with Crippen LogP contribution in [0, 0.1) is 0 Å². The number of hydrogen-bond acceptors (Lipinski definition) is 2. The van der Waals surface area contributed by atoms with Crippen molar-refractivity contribution in [2.75, 3.05) is 0 Å². The second kappa shape index (κ2) is 4.51. The zero-order valence-electron chi connectivity index (χ0n) is 8.26. The molecular formula is C13H11NO. The smallest absolute Gasteiger partial charge is 0.182 e. The largest absolute Gasteiger partial charge is 0.290 e. The normalized spacial score (nSPS) is 14.5. The number of aromatic nitrogens is 1. The van der Waals surface area contributed by atoms with Crippen LogP contribution in [0.2, 0.25) is 0 Å². The fraction of sp³-hybridized carbons (Fsp3) is 0.0769. The molecule has 1 aromatic heterocycles. The summed E-state index contributed by atoms with van der Waals surface area (Å²) in [5.74, 6) is 0.0730. The summed E-state index contributed by atoms with van der Waals surface area (Å²) in [7, 11) is 0. The van der Waals surface area contributed by atoms with Gasteiger partial charge >= 0.3 is 0 Å². The van der Waals surface area contributed by atoms with Gasteiger partial charge in [-0.05, 0) is 30.2 Å². The van der Waals surface area contributed by atoms with Gasteiger partial charge in [0.1, 0.15) is 0 Å². The quantitative estimate of drug-likeness (QED) is 0.697. The van der Waals surface area contributed by atoms with Crippen molar-refractivity contribution in [1.82, 2.24) is 4.98 Å². The van der Waals surface area contributed by atoms with E-state index in [4.69, 9.17) is 0 Å². The SMILES string of the molecule is O=C(C=Cc1cccnc1)C1=CC=CC1. The van der Waals surface area contributed by atoms with Crippen LogP contribution in [0.4, 0.5) is 0 Å². The van der Waals surface area contributed by atoms with Crippen LogP contribution in [0.25, 0.3) is 6.08 Å². The van der Waals surface area contributed by atoms with Gasteiger partial charge in [-0.3, -0.25) is 9.78 Å². The Morgan fingerprint density at radius 3 is 3.07 bits per heavy atom. The first kappa shape index (κ1) is 9.59. The van der Waals surface area contributed by atoms with Crippen LogP contribution in [0.1, 0.15) is 12.0 Å². The van der Waals surface area contributed by atoms with Gasteiger partial charge in [-0.1, -0.05) is 24.3 Å². The number of carbonyl (C=O) groups excluding carboxylic acids is 1. The van der Waals surface area contributed by atoms with Crippen LogP contribution >= 0.6 is 0 Å². The van der Waals surface area contributed by atoms with Crippen LogP contribution < -0.4 is 0 Å². The van der Waals surface area contributed by atoms with Crippen molar-refractivity contribution < 1.29 is 4.79 Å². The molecule has 0 aliphatic heterocycles. The fourth-order valence-electron chi connectivity index (χ4n) is 1.38. The summed E-state index contributed by atoms with van der Waals surface area (Å²) >= 11 is 0. The molecule has 0 spiro atoms. The van der Waals surface area contributed by atoms with Gasteiger partial charge in [-0.2, -0.15) is 0 Å². The minimum absolute atomic E-state index is 0.0730. The van der Waals surface area contributed by atoms with Crippen molar-refractivity contribution in [2.24, 2.45) is 0 Å². The topological polar surface area (TPSA) is 30.0 Å². The lowest BCUT2D eigenvalue weighted by molar-refractivity contribution is -0.111. The molecule has 15 heavy (non-hydrogen) atoms. The maximum Gasteiger partial charge on any atom is 0.182 e. The minimum atomic E-state index is 0.0730. The summed E-state index contributed by atoms with van der Waals surface area (Å²) in [6, 6.07) is 3.76. The minimum Gasteiger partial charge on any atom is -0.290 e. The van der Waals surface area contributed by atoms with Crippen molar-refractivity contribution in [1.29, 1.82) is 0 Å². The highest BCUT2D eigenvalue weighted by molar-refractivity contribution is 6.07. The van der Waals surface area contributed by atoms with E-state index in [0.717, 1.165) is 17.6 Å². The molecule has 0 aromatic carbocycles. The van der Waals surface area contributed by atoms with Crippen LogP contribution in [-0.4, -0.2) is 10.8 Å². The Bertz CT molecular complexity index is 441. The lowest BCUT2D eigenvalue weighted by Crippen LogP contribution is -1.94. The van der Waals surface area contributed by atoms with Crippen molar-refractivity contribution in [3.63, 3.8) is 0 Å². The van der Waals surface area contributed by atoms with E-state index >= 15 is 0 Å². The van der Waals surface area contributed by atoms with Gasteiger partial charge in [0.2, 0.25) is 0 Å². The molecule has 0 amide bonds. The zero-order chi connectivity index (χ0) is 10.5. The highest BCUT2D eigenvalue weighted by atomic mass is 16.1. The molecule has 2 rings (SSSR count). The first-order valence-corrected chi connectivity index (χ1v) is 4.84. The molecule has 0 bridgehead atoms. The summed E-state index contributed by atoms with van der Waals surface area (Å²) in [5, 5.41) is 0. The Morgan fingerprint density at radius 2 is 2.40 bits per heavy atom. The molecule has 0 unspecified atom stereocenters. The van der Waals surface area contributed by atoms with Crippen LogP contribution in [-0.2, 0) is 4.79 Å². The van der Waals surface area contributed by atoms with Crippen LogP contribution in [0.3, 0.4) is 0 Å². The molecule has 1 aliphatic rings. The molecular weight excluding hydrogens is 186 g/mol. The van der Waals surface area contributed by atoms with Gasteiger partial charge < -0.3 is 0 Å². The molecule has 0 saturated heterocycles. The van der Waals surface area contributed by atoms with E-state index in [9.17, 15) is 4.79 Å². The fourth-order valence-corrected chi connectivity index (χ4v) is 1.38. The van der Waals surface area contributed by atoms with E-state index in [-0.39, 0.29) is 5.78 Å². The molecule has 1 aromatic rings. The van der Waals surface area contributed by atoms with Crippen LogP contribution in [0.5, 0.6) is 0 Å². The van der Waals surface area contributed by atoms with E-state index < -0.39 is 0 Å². The number of hydrogen-bond donors (Lipinski definition) is 0. The van der Waals surface area contributed by atoms with Gasteiger partial charge in [0.15, 0.2) is 5.78 Å². The average molecular weight is 197 g/mol. The number of pyridine rings is 1. The summed E-state index contributed by atoms with van der Waals surface area (Å²) in [5.41, 5.74) is 1.78. The van der Waals surface area contributed by atoms with E-state index in [1.54, 1.807) is 24.5 Å². The Balaban J connectivity index is 2.03. The summed E-state index contributed by atoms with van der Waals surface area (Å²) in [4.78, 5) is 15.6. The molecule has 0 atom stereocenters. The molecule has 1 heterocycles. The number of rotatable bonds is 3. The molecule has 0 radical (unpaired) electrons. The van der Waals surface area contributed by atoms with E-state index in [1.807, 2.05) is 30.4 Å². The standard InChI is InChI=1S/C13H11NO/c15-13(12-5-1-2-6-12)8-7-11-4-3-9-14-10-11/h1-5,7-10H,6H2. The van der Waals surface area contributed by atoms with Crippen LogP contribution in [0.15, 0.2) is 54.4 Å². The second-order valence-corrected chi connectivity index (χ2v) is 3.31. The lowest BCUT2D eigenvalue weighted by atomic mass is 10.1. The first-order chi connectivity index (χ1) is 7.36. The zero-order valence-corrected chi connectivity index (χ0v) is 8.26.